The van der Waals surface area contributed by atoms with E-state index in [1.54, 1.807) is 0 Å². The number of hydrogen-bond donors (Lipinski definition) is 0. The second-order valence-electron chi connectivity index (χ2n) is 13.6. The molecule has 0 saturated carbocycles. The average molecular weight is 664 g/mol. The zero-order valence-corrected chi connectivity index (χ0v) is 28.4. The van der Waals surface area contributed by atoms with Gasteiger partial charge in [-0.15, -0.1) is 0 Å². The minimum absolute atomic E-state index is 0.252. The third-order valence-electron chi connectivity index (χ3n) is 10.4. The smallest absolute Gasteiger partial charge is 0.160 e. The van der Waals surface area contributed by atoms with Crippen LogP contribution >= 0.6 is 0 Å². The monoisotopic (exact) mass is 663 g/mol. The number of benzene rings is 7. The average Bonchev–Trinajstić information content (AvgIpc) is 3.23. The van der Waals surface area contributed by atoms with Crippen LogP contribution < -0.4 is 0 Å². The van der Waals surface area contributed by atoms with Crippen molar-refractivity contribution in [2.24, 2.45) is 0 Å². The zero-order valence-electron chi connectivity index (χ0n) is 28.4. The summed E-state index contributed by atoms with van der Waals surface area (Å²) in [4.78, 5) is 15.2. The fraction of sp³-hybridized carbons (Fsp3) is 0.0408. The third kappa shape index (κ3) is 5.35. The van der Waals surface area contributed by atoms with Gasteiger partial charge in [0, 0.05) is 34.5 Å². The zero-order chi connectivity index (χ0) is 34.4. The van der Waals surface area contributed by atoms with Crippen LogP contribution in [0.3, 0.4) is 0 Å². The van der Waals surface area contributed by atoms with Gasteiger partial charge in [-0.1, -0.05) is 133 Å². The molecule has 1 atom stereocenters. The molecule has 0 radical (unpaired) electrons. The molecular formula is C49H33N3. The first-order valence-corrected chi connectivity index (χ1v) is 17.9. The van der Waals surface area contributed by atoms with Crippen molar-refractivity contribution in [2.75, 3.05) is 0 Å². The Morgan fingerprint density at radius 3 is 1.83 bits per heavy atom. The summed E-state index contributed by atoms with van der Waals surface area (Å²) in [6.45, 7) is 0. The number of aromatic nitrogens is 3. The van der Waals surface area contributed by atoms with Crippen molar-refractivity contribution in [1.29, 1.82) is 0 Å². The van der Waals surface area contributed by atoms with Crippen molar-refractivity contribution < 1.29 is 0 Å². The summed E-state index contributed by atoms with van der Waals surface area (Å²) in [7, 11) is 0. The lowest BCUT2D eigenvalue weighted by molar-refractivity contribution is 0.818. The van der Waals surface area contributed by atoms with Gasteiger partial charge >= 0.3 is 0 Å². The lowest BCUT2D eigenvalue weighted by atomic mass is 9.86. The molecule has 0 bridgehead atoms. The molecule has 2 heterocycles. The Morgan fingerprint density at radius 1 is 0.481 bits per heavy atom. The molecule has 2 aromatic heterocycles. The highest BCUT2D eigenvalue weighted by molar-refractivity contribution is 6.26. The molecule has 3 nitrogen and oxygen atoms in total. The van der Waals surface area contributed by atoms with E-state index in [4.69, 9.17) is 9.97 Å². The SMILES string of the molecule is C1=CC(c2ccccn2)CC=C1c1cc(-c2nc(-c3ccccc3)cc(-c3ccccc3)n2)cc(-c2cc3cccc4ccc5cccc2c5c43)c1. The van der Waals surface area contributed by atoms with E-state index in [0.29, 0.717) is 5.82 Å². The molecule has 10 rings (SSSR count). The fourth-order valence-corrected chi connectivity index (χ4v) is 7.82. The quantitative estimate of drug-likeness (QED) is 0.166. The van der Waals surface area contributed by atoms with E-state index >= 15 is 0 Å². The van der Waals surface area contributed by atoms with Crippen LogP contribution in [0, 0.1) is 0 Å². The summed E-state index contributed by atoms with van der Waals surface area (Å²) in [5.41, 5.74) is 10.7. The molecule has 0 spiro atoms. The first-order chi connectivity index (χ1) is 25.7. The van der Waals surface area contributed by atoms with Crippen LogP contribution in [-0.2, 0) is 0 Å². The fourth-order valence-electron chi connectivity index (χ4n) is 7.82. The maximum Gasteiger partial charge on any atom is 0.160 e. The Bertz CT molecular complexity index is 2740. The second kappa shape index (κ2) is 12.6. The Balaban J connectivity index is 1.20. The van der Waals surface area contributed by atoms with Crippen LogP contribution in [0.15, 0.2) is 182 Å². The highest BCUT2D eigenvalue weighted by Gasteiger charge is 2.19. The lowest BCUT2D eigenvalue weighted by Crippen LogP contribution is -2.01. The summed E-state index contributed by atoms with van der Waals surface area (Å²) >= 11 is 0. The van der Waals surface area contributed by atoms with E-state index in [1.165, 1.54) is 43.5 Å². The standard InChI is InChI=1S/C49H33N3/c1-3-11-33(12-4-1)45-31-46(34-13-5-2-6-14-34)52-49(51-45)41-28-39(32-20-22-35(23-21-32)44-19-7-8-26-50-44)27-40(29-41)43-30-38-17-9-15-36-24-25-37-16-10-18-42(43)48(37)47(36)38/h1-22,24-31,35H,23H2. The molecule has 0 aliphatic heterocycles. The van der Waals surface area contributed by atoms with Gasteiger partial charge in [-0.3, -0.25) is 4.98 Å². The number of allylic oxidation sites excluding steroid dienone is 4. The molecule has 9 aromatic rings. The predicted molar refractivity (Wildman–Crippen MR) is 216 cm³/mol. The molecule has 1 aliphatic rings. The Labute approximate surface area is 302 Å². The van der Waals surface area contributed by atoms with Gasteiger partial charge in [0.05, 0.1) is 11.4 Å². The van der Waals surface area contributed by atoms with E-state index in [1.807, 2.05) is 24.4 Å². The van der Waals surface area contributed by atoms with Gasteiger partial charge < -0.3 is 0 Å². The minimum Gasteiger partial charge on any atom is -0.261 e. The summed E-state index contributed by atoms with van der Waals surface area (Å²) < 4.78 is 0. The van der Waals surface area contributed by atoms with Gasteiger partial charge in [0.1, 0.15) is 0 Å². The van der Waals surface area contributed by atoms with E-state index in [-0.39, 0.29) is 5.92 Å². The van der Waals surface area contributed by atoms with Gasteiger partial charge in [0.2, 0.25) is 0 Å². The molecule has 0 saturated heterocycles. The number of hydrogen-bond acceptors (Lipinski definition) is 3. The third-order valence-corrected chi connectivity index (χ3v) is 10.4. The van der Waals surface area contributed by atoms with Crippen molar-refractivity contribution in [3.05, 3.63) is 193 Å². The predicted octanol–water partition coefficient (Wildman–Crippen LogP) is 12.6. The van der Waals surface area contributed by atoms with Crippen molar-refractivity contribution in [1.82, 2.24) is 15.0 Å². The largest absolute Gasteiger partial charge is 0.261 e. The summed E-state index contributed by atoms with van der Waals surface area (Å²) in [5.74, 6) is 0.953. The second-order valence-corrected chi connectivity index (χ2v) is 13.6. The minimum atomic E-state index is 0.252. The Hall–Kier alpha value is -6.71. The van der Waals surface area contributed by atoms with E-state index in [0.717, 1.165) is 51.3 Å². The normalized spacial score (nSPS) is 14.3. The molecule has 3 heteroatoms. The summed E-state index contributed by atoms with van der Waals surface area (Å²) in [6.07, 6.45) is 9.67. The van der Waals surface area contributed by atoms with Crippen LogP contribution in [0.5, 0.6) is 0 Å². The van der Waals surface area contributed by atoms with Crippen LogP contribution in [-0.4, -0.2) is 15.0 Å². The highest BCUT2D eigenvalue weighted by atomic mass is 14.9. The Morgan fingerprint density at radius 2 is 1.13 bits per heavy atom. The molecule has 0 amide bonds. The molecule has 1 aliphatic carbocycles. The van der Waals surface area contributed by atoms with Crippen molar-refractivity contribution >= 4 is 37.9 Å². The molecule has 7 aromatic carbocycles. The molecule has 0 N–H and O–H groups in total. The number of nitrogens with zero attached hydrogens (tertiary/aromatic N) is 3. The molecule has 1 unspecified atom stereocenters. The topological polar surface area (TPSA) is 38.7 Å². The first kappa shape index (κ1) is 30.1. The highest BCUT2D eigenvalue weighted by Crippen LogP contribution is 2.42. The molecular weight excluding hydrogens is 631 g/mol. The lowest BCUT2D eigenvalue weighted by Gasteiger charge is -2.19. The van der Waals surface area contributed by atoms with Crippen molar-refractivity contribution in [3.63, 3.8) is 0 Å². The van der Waals surface area contributed by atoms with Crippen molar-refractivity contribution in [3.8, 4) is 45.0 Å². The van der Waals surface area contributed by atoms with Crippen LogP contribution in [0.25, 0.3) is 82.9 Å². The van der Waals surface area contributed by atoms with Gasteiger partial charge in [-0.05, 0) is 103 Å². The molecule has 244 valence electrons. The maximum absolute atomic E-state index is 5.25. The van der Waals surface area contributed by atoms with Crippen LogP contribution in [0.4, 0.5) is 0 Å². The molecule has 0 fully saturated rings. The van der Waals surface area contributed by atoms with Crippen LogP contribution in [0.2, 0.25) is 0 Å². The summed E-state index contributed by atoms with van der Waals surface area (Å²) in [5, 5.41) is 7.64. The van der Waals surface area contributed by atoms with Gasteiger partial charge in [-0.25, -0.2) is 9.97 Å². The number of pyridine rings is 1. The van der Waals surface area contributed by atoms with E-state index in [9.17, 15) is 0 Å². The van der Waals surface area contributed by atoms with Crippen molar-refractivity contribution in [2.45, 2.75) is 12.3 Å². The van der Waals surface area contributed by atoms with E-state index in [2.05, 4.69) is 163 Å². The van der Waals surface area contributed by atoms with Crippen LogP contribution in [0.1, 0.15) is 23.6 Å². The van der Waals surface area contributed by atoms with E-state index < -0.39 is 0 Å². The molecule has 52 heavy (non-hydrogen) atoms. The van der Waals surface area contributed by atoms with Gasteiger partial charge in [0.15, 0.2) is 5.82 Å². The van der Waals surface area contributed by atoms with Gasteiger partial charge in [0.25, 0.3) is 0 Å². The van der Waals surface area contributed by atoms with Gasteiger partial charge in [-0.2, -0.15) is 0 Å². The first-order valence-electron chi connectivity index (χ1n) is 17.9. The summed E-state index contributed by atoms with van der Waals surface area (Å²) in [6, 6.07) is 56.1. The Kier molecular flexibility index (Phi) is 7.28. The number of rotatable bonds is 6. The maximum atomic E-state index is 5.25.